The van der Waals surface area contributed by atoms with E-state index in [0.717, 1.165) is 27.4 Å². The Morgan fingerprint density at radius 3 is 2.52 bits per heavy atom. The highest BCUT2D eigenvalue weighted by Crippen LogP contribution is 2.34. The van der Waals surface area contributed by atoms with Crippen LogP contribution in [0.4, 0.5) is 4.39 Å². The molecule has 0 fully saturated rings. The van der Waals surface area contributed by atoms with Gasteiger partial charge in [0, 0.05) is 28.9 Å². The number of ether oxygens (including phenoxy) is 1. The molecule has 0 aliphatic heterocycles. The lowest BCUT2D eigenvalue weighted by molar-refractivity contribution is 0.0594. The van der Waals surface area contributed by atoms with Gasteiger partial charge in [-0.15, -0.1) is 0 Å². The Labute approximate surface area is 143 Å². The first-order valence-corrected chi connectivity index (χ1v) is 7.82. The van der Waals surface area contributed by atoms with Gasteiger partial charge in [-0.2, -0.15) is 0 Å². The summed E-state index contributed by atoms with van der Waals surface area (Å²) >= 11 is 0. The fourth-order valence-electron chi connectivity index (χ4n) is 3.22. The summed E-state index contributed by atoms with van der Waals surface area (Å²) in [5, 5.41) is 1.93. The molecule has 0 amide bonds. The van der Waals surface area contributed by atoms with Gasteiger partial charge in [0.05, 0.1) is 18.3 Å². The van der Waals surface area contributed by atoms with Gasteiger partial charge in [0.15, 0.2) is 0 Å². The summed E-state index contributed by atoms with van der Waals surface area (Å²) in [5.74, 6) is -0.820. The summed E-state index contributed by atoms with van der Waals surface area (Å²) in [5.41, 5.74) is 3.51. The third-order valence-electron chi connectivity index (χ3n) is 4.40. The van der Waals surface area contributed by atoms with Crippen LogP contribution in [0.5, 0.6) is 0 Å². The molecular formula is C20H15FN2O2. The van der Waals surface area contributed by atoms with E-state index in [-0.39, 0.29) is 11.5 Å². The van der Waals surface area contributed by atoms with Crippen LogP contribution in [0.3, 0.4) is 0 Å². The van der Waals surface area contributed by atoms with Gasteiger partial charge in [0.25, 0.3) is 0 Å². The molecule has 2 heterocycles. The van der Waals surface area contributed by atoms with Crippen LogP contribution in [0.15, 0.2) is 54.6 Å². The molecule has 0 saturated heterocycles. The van der Waals surface area contributed by atoms with Crippen molar-refractivity contribution in [3.63, 3.8) is 0 Å². The van der Waals surface area contributed by atoms with E-state index in [0.29, 0.717) is 5.69 Å². The number of methoxy groups -OCH3 is 1. The highest BCUT2D eigenvalue weighted by atomic mass is 19.1. The average molecular weight is 334 g/mol. The second-order valence-corrected chi connectivity index (χ2v) is 5.83. The normalized spacial score (nSPS) is 11.2. The summed E-state index contributed by atoms with van der Waals surface area (Å²) in [6.07, 6.45) is 0. The number of fused-ring (bicyclic) bond motifs is 3. The van der Waals surface area contributed by atoms with Crippen LogP contribution in [-0.2, 0) is 11.8 Å². The summed E-state index contributed by atoms with van der Waals surface area (Å²) in [6, 6.07) is 15.8. The molecule has 124 valence electrons. The van der Waals surface area contributed by atoms with Gasteiger partial charge < -0.3 is 9.30 Å². The maximum atomic E-state index is 13.3. The van der Waals surface area contributed by atoms with Crippen LogP contribution >= 0.6 is 0 Å². The Morgan fingerprint density at radius 1 is 1.08 bits per heavy atom. The third-order valence-corrected chi connectivity index (χ3v) is 4.40. The molecule has 0 bridgehead atoms. The van der Waals surface area contributed by atoms with Gasteiger partial charge in [-0.3, -0.25) is 0 Å². The lowest BCUT2D eigenvalue weighted by Crippen LogP contribution is -2.06. The third kappa shape index (κ3) is 2.36. The Morgan fingerprint density at radius 2 is 1.80 bits per heavy atom. The zero-order chi connectivity index (χ0) is 17.6. The summed E-state index contributed by atoms with van der Waals surface area (Å²) in [6.45, 7) is 0. The molecule has 0 aliphatic carbocycles. The number of hydrogen-bond acceptors (Lipinski definition) is 3. The summed E-state index contributed by atoms with van der Waals surface area (Å²) in [7, 11) is 3.28. The van der Waals surface area contributed by atoms with Crippen molar-refractivity contribution in [1.29, 1.82) is 0 Å². The molecule has 2 aromatic heterocycles. The lowest BCUT2D eigenvalue weighted by atomic mass is 10.1. The van der Waals surface area contributed by atoms with Gasteiger partial charge in [0.2, 0.25) is 0 Å². The predicted octanol–water partition coefficient (Wildman–Crippen LogP) is 4.32. The number of aryl methyl sites for hydroxylation is 1. The van der Waals surface area contributed by atoms with Crippen LogP contribution in [-0.4, -0.2) is 22.6 Å². The fraction of sp³-hybridized carbons (Fsp3) is 0.100. The Bertz CT molecular complexity index is 1110. The number of pyridine rings is 1. The number of hydrogen-bond donors (Lipinski definition) is 0. The highest BCUT2D eigenvalue weighted by molar-refractivity contribution is 6.13. The monoisotopic (exact) mass is 334 g/mol. The van der Waals surface area contributed by atoms with Crippen molar-refractivity contribution in [2.75, 3.05) is 7.11 Å². The number of nitrogens with zero attached hydrogens (tertiary/aromatic N) is 2. The minimum atomic E-state index is -0.502. The molecule has 25 heavy (non-hydrogen) atoms. The van der Waals surface area contributed by atoms with Crippen LogP contribution in [0.25, 0.3) is 33.1 Å². The minimum Gasteiger partial charge on any atom is -0.464 e. The number of rotatable bonds is 2. The minimum absolute atomic E-state index is 0.227. The van der Waals surface area contributed by atoms with Gasteiger partial charge in [0.1, 0.15) is 11.5 Å². The number of halogens is 1. The largest absolute Gasteiger partial charge is 0.464 e. The van der Waals surface area contributed by atoms with Gasteiger partial charge in [-0.1, -0.05) is 18.2 Å². The second-order valence-electron chi connectivity index (χ2n) is 5.83. The van der Waals surface area contributed by atoms with Crippen molar-refractivity contribution < 1.29 is 13.9 Å². The standard InChI is InChI=1S/C20H15FN2O2/c1-23-17-6-4-3-5-14(17)15-11-16(20(24)25-2)22-18(19(15)23)12-7-9-13(21)10-8-12/h3-11H,1-2H3. The highest BCUT2D eigenvalue weighted by Gasteiger charge is 2.19. The predicted molar refractivity (Wildman–Crippen MR) is 95.0 cm³/mol. The molecule has 5 heteroatoms. The smallest absolute Gasteiger partial charge is 0.356 e. The SMILES string of the molecule is COC(=O)c1cc2c3ccccc3n(C)c2c(-c2ccc(F)cc2)n1. The molecular weight excluding hydrogens is 319 g/mol. The average Bonchev–Trinajstić information content (AvgIpc) is 2.94. The lowest BCUT2D eigenvalue weighted by Gasteiger charge is -2.08. The first-order valence-electron chi connectivity index (χ1n) is 7.82. The van der Waals surface area contributed by atoms with Crippen LogP contribution in [0.1, 0.15) is 10.5 Å². The van der Waals surface area contributed by atoms with Crippen molar-refractivity contribution >= 4 is 27.8 Å². The van der Waals surface area contributed by atoms with E-state index in [1.54, 1.807) is 18.2 Å². The van der Waals surface area contributed by atoms with E-state index in [1.165, 1.54) is 19.2 Å². The Balaban J connectivity index is 2.15. The van der Waals surface area contributed by atoms with E-state index in [9.17, 15) is 9.18 Å². The molecule has 2 aromatic carbocycles. The molecule has 0 spiro atoms. The van der Waals surface area contributed by atoms with Crippen molar-refractivity contribution in [2.24, 2.45) is 7.05 Å². The summed E-state index contributed by atoms with van der Waals surface area (Å²) in [4.78, 5) is 16.6. The van der Waals surface area contributed by atoms with Crippen molar-refractivity contribution in [2.45, 2.75) is 0 Å². The van der Waals surface area contributed by atoms with E-state index in [4.69, 9.17) is 4.74 Å². The zero-order valence-electron chi connectivity index (χ0n) is 13.8. The van der Waals surface area contributed by atoms with Crippen LogP contribution in [0.2, 0.25) is 0 Å². The molecule has 0 unspecified atom stereocenters. The second kappa shape index (κ2) is 5.70. The van der Waals surface area contributed by atoms with E-state index in [2.05, 4.69) is 4.98 Å². The molecule has 0 radical (unpaired) electrons. The molecule has 0 atom stereocenters. The van der Waals surface area contributed by atoms with E-state index >= 15 is 0 Å². The summed E-state index contributed by atoms with van der Waals surface area (Å²) < 4.78 is 20.2. The van der Waals surface area contributed by atoms with Gasteiger partial charge in [-0.05, 0) is 36.4 Å². The number of para-hydroxylation sites is 1. The molecule has 0 saturated carbocycles. The molecule has 0 N–H and O–H groups in total. The van der Waals surface area contributed by atoms with Gasteiger partial charge >= 0.3 is 5.97 Å². The maximum Gasteiger partial charge on any atom is 0.356 e. The van der Waals surface area contributed by atoms with E-state index < -0.39 is 5.97 Å². The maximum absolute atomic E-state index is 13.3. The first kappa shape index (κ1) is 15.3. The Hall–Kier alpha value is -3.21. The molecule has 4 nitrogen and oxygen atoms in total. The molecule has 4 aromatic rings. The topological polar surface area (TPSA) is 44.1 Å². The quantitative estimate of drug-likeness (QED) is 0.513. The number of esters is 1. The van der Waals surface area contributed by atoms with E-state index in [1.807, 2.05) is 35.9 Å². The Kier molecular flexibility index (Phi) is 3.50. The zero-order valence-corrected chi connectivity index (χ0v) is 13.8. The number of benzene rings is 2. The fourth-order valence-corrected chi connectivity index (χ4v) is 3.22. The first-order chi connectivity index (χ1) is 12.1. The number of carbonyl (C=O) groups excluding carboxylic acids is 1. The van der Waals surface area contributed by atoms with Crippen LogP contribution in [0, 0.1) is 5.82 Å². The van der Waals surface area contributed by atoms with Crippen LogP contribution < -0.4 is 0 Å². The number of aromatic nitrogens is 2. The van der Waals surface area contributed by atoms with Crippen molar-refractivity contribution in [1.82, 2.24) is 9.55 Å². The molecule has 4 rings (SSSR count). The van der Waals surface area contributed by atoms with Crippen molar-refractivity contribution in [3.05, 3.63) is 66.1 Å². The molecule has 0 aliphatic rings. The van der Waals surface area contributed by atoms with Crippen molar-refractivity contribution in [3.8, 4) is 11.3 Å². The number of carbonyl (C=O) groups is 1. The van der Waals surface area contributed by atoms with Gasteiger partial charge in [-0.25, -0.2) is 14.2 Å².